The van der Waals surface area contributed by atoms with E-state index in [1.807, 2.05) is 30.7 Å². The zero-order valence-corrected chi connectivity index (χ0v) is 27.5. The van der Waals surface area contributed by atoms with Crippen LogP contribution in [-0.2, 0) is 29.2 Å². The van der Waals surface area contributed by atoms with E-state index in [4.69, 9.17) is 9.84 Å². The largest absolute Gasteiger partial charge is 0.360 e. The van der Waals surface area contributed by atoms with Crippen LogP contribution in [0.1, 0.15) is 61.4 Å². The molecule has 10 nitrogen and oxygen atoms in total. The van der Waals surface area contributed by atoms with Crippen molar-refractivity contribution >= 4 is 25.7 Å². The summed E-state index contributed by atoms with van der Waals surface area (Å²) in [6, 6.07) is 6.01. The summed E-state index contributed by atoms with van der Waals surface area (Å²) in [5.74, 6) is 1.07. The number of anilines is 1. The molecule has 3 aromatic heterocycles. The monoisotopic (exact) mass is 605 g/mol. The fourth-order valence-electron chi connectivity index (χ4n) is 6.04. The molecule has 2 amide bonds. The second kappa shape index (κ2) is 13.1. The van der Waals surface area contributed by atoms with E-state index in [0.717, 1.165) is 67.3 Å². The molecule has 3 aromatic rings. The molecule has 0 bridgehead atoms. The molecule has 1 atom stereocenters. The number of aryl methyl sites for hydroxylation is 2. The van der Waals surface area contributed by atoms with Crippen molar-refractivity contribution in [2.45, 2.75) is 97.9 Å². The highest BCUT2D eigenvalue weighted by Gasteiger charge is 2.48. The van der Waals surface area contributed by atoms with Crippen LogP contribution in [0.25, 0.3) is 11.1 Å². The Balaban J connectivity index is 1.30. The Morgan fingerprint density at radius 2 is 1.79 bits per heavy atom. The van der Waals surface area contributed by atoms with Gasteiger partial charge in [0, 0.05) is 50.4 Å². The molecule has 0 aliphatic heterocycles. The highest BCUT2D eigenvalue weighted by atomic mass is 28.3. The third-order valence-electron chi connectivity index (χ3n) is 8.62. The highest BCUT2D eigenvalue weighted by Crippen LogP contribution is 2.51. The van der Waals surface area contributed by atoms with Gasteiger partial charge in [-0.1, -0.05) is 26.6 Å². The van der Waals surface area contributed by atoms with Gasteiger partial charge in [-0.15, -0.1) is 0 Å². The van der Waals surface area contributed by atoms with Crippen LogP contribution >= 0.6 is 0 Å². The summed E-state index contributed by atoms with van der Waals surface area (Å²) in [6.45, 7) is 14.9. The number of aromatic nitrogens is 5. The van der Waals surface area contributed by atoms with E-state index in [9.17, 15) is 9.59 Å². The quantitative estimate of drug-likeness (QED) is 0.174. The number of carbonyl (C=O) groups is 2. The lowest BCUT2D eigenvalue weighted by Gasteiger charge is -2.27. The predicted octanol–water partition coefficient (Wildman–Crippen LogP) is 5.52. The van der Waals surface area contributed by atoms with Gasteiger partial charge < -0.3 is 15.4 Å². The van der Waals surface area contributed by atoms with Crippen molar-refractivity contribution in [2.75, 3.05) is 11.9 Å². The summed E-state index contributed by atoms with van der Waals surface area (Å²) in [4.78, 5) is 31.7. The van der Waals surface area contributed by atoms with Gasteiger partial charge in [0.15, 0.2) is 0 Å². The molecular weight excluding hydrogens is 558 g/mol. The van der Waals surface area contributed by atoms with Gasteiger partial charge in [0.2, 0.25) is 5.91 Å². The predicted molar refractivity (Wildman–Crippen MR) is 170 cm³/mol. The van der Waals surface area contributed by atoms with Crippen LogP contribution < -0.4 is 10.6 Å². The Hall–Kier alpha value is -3.31. The first kappa shape index (κ1) is 31.1. The molecule has 0 aromatic carbocycles. The molecule has 2 aliphatic rings. The van der Waals surface area contributed by atoms with E-state index in [1.54, 1.807) is 23.1 Å². The van der Waals surface area contributed by atoms with Gasteiger partial charge >= 0.3 is 0 Å². The molecule has 2 N–H and O–H groups in total. The Morgan fingerprint density at radius 3 is 2.37 bits per heavy atom. The number of nitrogens with one attached hydrogen (secondary N) is 2. The summed E-state index contributed by atoms with van der Waals surface area (Å²) in [5.41, 5.74) is 4.51. The first-order valence-electron chi connectivity index (χ1n) is 15.8. The number of pyridine rings is 1. The highest BCUT2D eigenvalue weighted by molar-refractivity contribution is 6.76. The van der Waals surface area contributed by atoms with Crippen molar-refractivity contribution in [2.24, 2.45) is 17.8 Å². The number of hydrogen-bond acceptors (Lipinski definition) is 6. The molecule has 1 unspecified atom stereocenters. The summed E-state index contributed by atoms with van der Waals surface area (Å²) < 4.78 is 9.60. The Morgan fingerprint density at radius 1 is 1.07 bits per heavy atom. The number of rotatable bonds is 15. The van der Waals surface area contributed by atoms with Crippen LogP contribution in [0.2, 0.25) is 25.7 Å². The number of amides is 2. The Kier molecular flexibility index (Phi) is 9.50. The van der Waals surface area contributed by atoms with Gasteiger partial charge in [-0.3, -0.25) is 14.3 Å². The van der Waals surface area contributed by atoms with Crippen LogP contribution in [0, 0.1) is 24.7 Å². The minimum Gasteiger partial charge on any atom is -0.360 e. The fraction of sp³-hybridized carbons (Fsp3) is 0.594. The second-order valence-corrected chi connectivity index (χ2v) is 18.9. The Labute approximate surface area is 256 Å². The standard InChI is InChI=1S/C32H47N7O3Si/c1-7-25-28(21(3)37-39(25)20-42-17-18-43(4,5)6)24-13-14-27(33-19-24)35-32(41)30(29(22-9-10-22)23-11-12-23)36-31(40)26-15-16-34-38(26)8-2/h13-16,19,22-23,29-30H,7-12,17-18,20H2,1-6H3,(H,36,40)(H,33,35,41). The van der Waals surface area contributed by atoms with Crippen molar-refractivity contribution < 1.29 is 14.3 Å². The summed E-state index contributed by atoms with van der Waals surface area (Å²) in [5, 5.41) is 15.1. The molecule has 0 saturated heterocycles. The van der Waals surface area contributed by atoms with Crippen molar-refractivity contribution in [1.29, 1.82) is 0 Å². The molecule has 0 radical (unpaired) electrons. The summed E-state index contributed by atoms with van der Waals surface area (Å²) in [6.07, 6.45) is 8.66. The van der Waals surface area contributed by atoms with E-state index in [-0.39, 0.29) is 17.7 Å². The average Bonchev–Trinajstić information content (AvgIpc) is 3.91. The number of ether oxygens (including phenoxy) is 1. The molecule has 0 spiro atoms. The first-order chi connectivity index (χ1) is 20.6. The van der Waals surface area contributed by atoms with Gasteiger partial charge in [-0.2, -0.15) is 10.2 Å². The van der Waals surface area contributed by atoms with Crippen LogP contribution in [0.15, 0.2) is 30.6 Å². The number of carbonyl (C=O) groups excluding carboxylic acids is 2. The molecular formula is C32H47N7O3Si. The van der Waals surface area contributed by atoms with Crippen molar-refractivity contribution in [3.8, 4) is 11.1 Å². The summed E-state index contributed by atoms with van der Waals surface area (Å²) >= 11 is 0. The smallest absolute Gasteiger partial charge is 0.270 e. The summed E-state index contributed by atoms with van der Waals surface area (Å²) in [7, 11) is -1.15. The van der Waals surface area contributed by atoms with Gasteiger partial charge in [-0.25, -0.2) is 9.67 Å². The molecule has 2 fully saturated rings. The second-order valence-electron chi connectivity index (χ2n) is 13.3. The molecule has 5 rings (SSSR count). The van der Waals surface area contributed by atoms with E-state index < -0.39 is 14.1 Å². The zero-order chi connectivity index (χ0) is 30.7. The molecule has 2 saturated carbocycles. The van der Waals surface area contributed by atoms with Crippen molar-refractivity contribution in [3.05, 3.63) is 47.7 Å². The van der Waals surface area contributed by atoms with E-state index in [0.29, 0.717) is 36.6 Å². The first-order valence-corrected chi connectivity index (χ1v) is 19.5. The molecule has 11 heteroatoms. The lowest BCUT2D eigenvalue weighted by molar-refractivity contribution is -0.119. The maximum absolute atomic E-state index is 13.8. The van der Waals surface area contributed by atoms with E-state index in [1.165, 1.54) is 0 Å². The van der Waals surface area contributed by atoms with Crippen LogP contribution in [0.3, 0.4) is 0 Å². The molecule has 2 aliphatic carbocycles. The van der Waals surface area contributed by atoms with E-state index in [2.05, 4.69) is 47.3 Å². The number of nitrogens with zero attached hydrogens (tertiary/aromatic N) is 5. The lowest BCUT2D eigenvalue weighted by Crippen LogP contribution is -2.50. The number of hydrogen-bond donors (Lipinski definition) is 2. The normalized spacial score (nSPS) is 16.0. The van der Waals surface area contributed by atoms with Crippen LogP contribution in [-0.4, -0.2) is 57.1 Å². The average molecular weight is 606 g/mol. The van der Waals surface area contributed by atoms with Crippen LogP contribution in [0.5, 0.6) is 0 Å². The van der Waals surface area contributed by atoms with Gasteiger partial charge in [0.05, 0.1) is 5.69 Å². The van der Waals surface area contributed by atoms with Crippen LogP contribution in [0.4, 0.5) is 5.82 Å². The molecule has 232 valence electrons. The Bertz CT molecular complexity index is 1410. The molecule has 3 heterocycles. The van der Waals surface area contributed by atoms with Crippen molar-refractivity contribution in [1.82, 2.24) is 29.9 Å². The maximum atomic E-state index is 13.8. The SMILES string of the molecule is CCc1c(-c2ccc(NC(=O)C(NC(=O)c3ccnn3CC)C(C3CC3)C3CC3)nc2)c(C)nn1COCC[Si](C)(C)C. The molecule has 43 heavy (non-hydrogen) atoms. The third kappa shape index (κ3) is 7.62. The minimum atomic E-state index is -1.15. The van der Waals surface area contributed by atoms with Gasteiger partial charge in [0.1, 0.15) is 24.3 Å². The third-order valence-corrected chi connectivity index (χ3v) is 10.3. The van der Waals surface area contributed by atoms with Gasteiger partial charge in [0.25, 0.3) is 5.91 Å². The maximum Gasteiger partial charge on any atom is 0.270 e. The zero-order valence-electron chi connectivity index (χ0n) is 26.5. The fourth-order valence-corrected chi connectivity index (χ4v) is 6.80. The van der Waals surface area contributed by atoms with Crippen molar-refractivity contribution in [3.63, 3.8) is 0 Å². The minimum absolute atomic E-state index is 0.134. The lowest BCUT2D eigenvalue weighted by atomic mass is 9.88. The topological polar surface area (TPSA) is 116 Å². The van der Waals surface area contributed by atoms with E-state index >= 15 is 0 Å². The van der Waals surface area contributed by atoms with Gasteiger partial charge in [-0.05, 0) is 87.9 Å².